The maximum Gasteiger partial charge on any atom is 0.234 e. The molecule has 2 atom stereocenters. The zero-order valence-corrected chi connectivity index (χ0v) is 16.7. The molecule has 8 heteroatoms. The minimum Gasteiger partial charge on any atom is -0.353 e. The van der Waals surface area contributed by atoms with Gasteiger partial charge in [-0.15, -0.1) is 0 Å². The molecule has 0 aromatic carbocycles. The fraction of sp³-hybridized carbons (Fsp3) is 0.778. The summed E-state index contributed by atoms with van der Waals surface area (Å²) in [5.74, 6) is -1.29. The van der Waals surface area contributed by atoms with E-state index in [1.165, 1.54) is 0 Å². The number of nitrogens with zero attached hydrogens (tertiary/aromatic N) is 2. The molecule has 4 amide bonds. The van der Waals surface area contributed by atoms with E-state index in [4.69, 9.17) is 0 Å². The number of carbonyl (C=O) groups excluding carboxylic acids is 4. The molecular weight excluding hydrogens is 336 g/mol. The van der Waals surface area contributed by atoms with Gasteiger partial charge in [0.1, 0.15) is 11.8 Å². The molecule has 148 valence electrons. The summed E-state index contributed by atoms with van der Waals surface area (Å²) >= 11 is 0. The minimum atomic E-state index is -0.451. The number of hydrogen-bond acceptors (Lipinski definition) is 4. The lowest BCUT2D eigenvalue weighted by atomic mass is 10.1. The van der Waals surface area contributed by atoms with Gasteiger partial charge in [0, 0.05) is 39.3 Å². The molecule has 0 radical (unpaired) electrons. The molecule has 0 bridgehead atoms. The molecule has 2 aliphatic heterocycles. The molecule has 2 saturated heterocycles. The highest BCUT2D eigenvalue weighted by molar-refractivity contribution is 6.02. The second-order valence-corrected chi connectivity index (χ2v) is 7.53. The molecule has 0 saturated carbocycles. The molecule has 26 heavy (non-hydrogen) atoms. The summed E-state index contributed by atoms with van der Waals surface area (Å²) in [5, 5.41) is 5.50. The predicted molar refractivity (Wildman–Crippen MR) is 98.0 cm³/mol. The van der Waals surface area contributed by atoms with Crippen molar-refractivity contribution in [1.29, 1.82) is 0 Å². The summed E-state index contributed by atoms with van der Waals surface area (Å²) in [6.45, 7) is 8.94. The standard InChI is InChI=1S/2C9H16N2O2/c2*1-6(2)10-8(12)7-4-5-11(3)9(7)13/h2*6-7H,4-5H2,1-3H3,(H,10,12). The fourth-order valence-corrected chi connectivity index (χ4v) is 2.90. The molecule has 0 aromatic rings. The molecule has 2 rings (SSSR count). The van der Waals surface area contributed by atoms with E-state index in [0.717, 1.165) is 0 Å². The van der Waals surface area contributed by atoms with Crippen LogP contribution in [0.3, 0.4) is 0 Å². The van der Waals surface area contributed by atoms with Crippen LogP contribution in [0.5, 0.6) is 0 Å². The van der Waals surface area contributed by atoms with Crippen molar-refractivity contribution in [1.82, 2.24) is 20.4 Å². The van der Waals surface area contributed by atoms with Gasteiger partial charge in [-0.3, -0.25) is 19.2 Å². The van der Waals surface area contributed by atoms with Crippen LogP contribution in [0.1, 0.15) is 40.5 Å². The third kappa shape index (κ3) is 6.00. The van der Waals surface area contributed by atoms with E-state index in [0.29, 0.717) is 25.9 Å². The van der Waals surface area contributed by atoms with Gasteiger partial charge < -0.3 is 20.4 Å². The van der Waals surface area contributed by atoms with Gasteiger partial charge in [0.2, 0.25) is 23.6 Å². The fourth-order valence-electron chi connectivity index (χ4n) is 2.90. The lowest BCUT2D eigenvalue weighted by Gasteiger charge is -2.12. The Hall–Kier alpha value is -2.12. The number of nitrogens with one attached hydrogen (secondary N) is 2. The molecule has 0 aromatic heterocycles. The Kier molecular flexibility index (Phi) is 8.05. The second-order valence-electron chi connectivity index (χ2n) is 7.53. The van der Waals surface area contributed by atoms with Crippen LogP contribution in [-0.2, 0) is 19.2 Å². The second kappa shape index (κ2) is 9.54. The average molecular weight is 368 g/mol. The molecule has 0 aliphatic carbocycles. The maximum absolute atomic E-state index is 11.5. The summed E-state index contributed by atoms with van der Waals surface area (Å²) in [4.78, 5) is 48.9. The Labute approximate surface area is 155 Å². The van der Waals surface area contributed by atoms with Gasteiger partial charge in [-0.1, -0.05) is 0 Å². The summed E-state index contributed by atoms with van der Waals surface area (Å²) in [6.07, 6.45) is 1.29. The lowest BCUT2D eigenvalue weighted by Crippen LogP contribution is -2.39. The Bertz CT molecular complexity index is 499. The van der Waals surface area contributed by atoms with Crippen LogP contribution < -0.4 is 10.6 Å². The van der Waals surface area contributed by atoms with Crippen LogP contribution in [0.2, 0.25) is 0 Å². The monoisotopic (exact) mass is 368 g/mol. The molecule has 2 N–H and O–H groups in total. The first-order valence-corrected chi connectivity index (χ1v) is 9.15. The van der Waals surface area contributed by atoms with Gasteiger partial charge in [-0.2, -0.15) is 0 Å². The van der Waals surface area contributed by atoms with Crippen LogP contribution in [0, 0.1) is 11.8 Å². The van der Waals surface area contributed by atoms with Gasteiger partial charge in [-0.05, 0) is 40.5 Å². The van der Waals surface area contributed by atoms with Gasteiger partial charge in [0.05, 0.1) is 0 Å². The summed E-state index contributed by atoms with van der Waals surface area (Å²) in [5.41, 5.74) is 0. The number of rotatable bonds is 4. The van der Waals surface area contributed by atoms with E-state index in [1.807, 2.05) is 27.7 Å². The van der Waals surface area contributed by atoms with E-state index in [1.54, 1.807) is 23.9 Å². The Balaban J connectivity index is 0.000000260. The molecule has 0 spiro atoms. The van der Waals surface area contributed by atoms with Crippen molar-refractivity contribution in [2.75, 3.05) is 27.2 Å². The minimum absolute atomic E-state index is 0.0573. The van der Waals surface area contributed by atoms with Crippen molar-refractivity contribution in [3.63, 3.8) is 0 Å². The first-order valence-electron chi connectivity index (χ1n) is 9.15. The van der Waals surface area contributed by atoms with Gasteiger partial charge in [-0.25, -0.2) is 0 Å². The first kappa shape index (κ1) is 21.9. The van der Waals surface area contributed by atoms with E-state index in [9.17, 15) is 19.2 Å². The van der Waals surface area contributed by atoms with E-state index < -0.39 is 11.8 Å². The molecule has 2 aliphatic rings. The molecule has 2 fully saturated rings. The van der Waals surface area contributed by atoms with Crippen LogP contribution >= 0.6 is 0 Å². The first-order chi connectivity index (χ1) is 12.0. The Morgan fingerprint density at radius 2 is 1.12 bits per heavy atom. The molecular formula is C18H32N4O4. The van der Waals surface area contributed by atoms with Gasteiger partial charge >= 0.3 is 0 Å². The highest BCUT2D eigenvalue weighted by Crippen LogP contribution is 2.17. The number of carbonyl (C=O) groups is 4. The number of hydrogen-bond donors (Lipinski definition) is 2. The van der Waals surface area contributed by atoms with Gasteiger partial charge in [0.25, 0.3) is 0 Å². The molecule has 2 unspecified atom stereocenters. The van der Waals surface area contributed by atoms with E-state index >= 15 is 0 Å². The maximum atomic E-state index is 11.5. The lowest BCUT2D eigenvalue weighted by molar-refractivity contribution is -0.138. The summed E-state index contributed by atoms with van der Waals surface area (Å²) in [7, 11) is 3.45. The average Bonchev–Trinajstić information content (AvgIpc) is 3.02. The van der Waals surface area contributed by atoms with Gasteiger partial charge in [0.15, 0.2) is 0 Å². The van der Waals surface area contributed by atoms with Crippen molar-refractivity contribution in [3.8, 4) is 0 Å². The summed E-state index contributed by atoms with van der Waals surface area (Å²) in [6, 6.07) is 0.206. The topological polar surface area (TPSA) is 98.8 Å². The highest BCUT2D eigenvalue weighted by Gasteiger charge is 2.35. The van der Waals surface area contributed by atoms with Crippen molar-refractivity contribution in [2.24, 2.45) is 11.8 Å². The van der Waals surface area contributed by atoms with Crippen molar-refractivity contribution in [3.05, 3.63) is 0 Å². The van der Waals surface area contributed by atoms with Crippen LogP contribution in [0.25, 0.3) is 0 Å². The zero-order valence-electron chi connectivity index (χ0n) is 16.7. The SMILES string of the molecule is CC(C)NC(=O)C1CCN(C)C1=O.CC(C)NC(=O)C1CCN(C)C1=O. The van der Waals surface area contributed by atoms with E-state index in [-0.39, 0.29) is 35.7 Å². The van der Waals surface area contributed by atoms with Crippen LogP contribution in [-0.4, -0.2) is 72.7 Å². The van der Waals surface area contributed by atoms with Crippen molar-refractivity contribution < 1.29 is 19.2 Å². The summed E-state index contributed by atoms with van der Waals surface area (Å²) < 4.78 is 0. The normalized spacial score (nSPS) is 22.6. The molecule has 8 nitrogen and oxygen atoms in total. The largest absolute Gasteiger partial charge is 0.353 e. The number of amides is 4. The zero-order chi connectivity index (χ0) is 20.0. The van der Waals surface area contributed by atoms with Crippen molar-refractivity contribution in [2.45, 2.75) is 52.6 Å². The number of likely N-dealkylation sites (tertiary alicyclic amines) is 2. The quantitative estimate of drug-likeness (QED) is 0.681. The van der Waals surface area contributed by atoms with Crippen molar-refractivity contribution >= 4 is 23.6 Å². The molecule has 2 heterocycles. The van der Waals surface area contributed by atoms with Crippen LogP contribution in [0.4, 0.5) is 0 Å². The third-order valence-corrected chi connectivity index (χ3v) is 4.35. The Morgan fingerprint density at radius 3 is 1.31 bits per heavy atom. The highest BCUT2D eigenvalue weighted by atomic mass is 16.2. The Morgan fingerprint density at radius 1 is 0.808 bits per heavy atom. The van der Waals surface area contributed by atoms with E-state index in [2.05, 4.69) is 10.6 Å². The third-order valence-electron chi connectivity index (χ3n) is 4.35. The predicted octanol–water partition coefficient (Wildman–Crippen LogP) is -0.0214. The van der Waals surface area contributed by atoms with Crippen LogP contribution in [0.15, 0.2) is 0 Å². The smallest absolute Gasteiger partial charge is 0.234 e.